The van der Waals surface area contributed by atoms with Gasteiger partial charge in [-0.05, 0) is 50.8 Å². The zero-order valence-electron chi connectivity index (χ0n) is 26.9. The van der Waals surface area contributed by atoms with Crippen LogP contribution in [0.3, 0.4) is 0 Å². The Kier molecular flexibility index (Phi) is 10.1. The molecule has 0 spiro atoms. The third kappa shape index (κ3) is 7.98. The van der Waals surface area contributed by atoms with Crippen LogP contribution in [0, 0.1) is 0 Å². The molecule has 2 N–H and O–H groups in total. The van der Waals surface area contributed by atoms with Crippen molar-refractivity contribution in [1.82, 2.24) is 24.8 Å². The van der Waals surface area contributed by atoms with E-state index in [1.165, 1.54) is 6.39 Å². The van der Waals surface area contributed by atoms with Crippen LogP contribution >= 0.6 is 11.6 Å². The third-order valence-electron chi connectivity index (χ3n) is 8.91. The number of aliphatic hydroxyl groups is 1. The fourth-order valence-electron chi connectivity index (χ4n) is 6.09. The Morgan fingerprint density at radius 2 is 1.98 bits per heavy atom. The van der Waals surface area contributed by atoms with Crippen LogP contribution in [0.1, 0.15) is 61.0 Å². The summed E-state index contributed by atoms with van der Waals surface area (Å²) in [4.78, 5) is 33.6. The van der Waals surface area contributed by atoms with Crippen LogP contribution in [0.2, 0.25) is 5.02 Å². The highest BCUT2D eigenvalue weighted by Gasteiger charge is 2.29. The lowest BCUT2D eigenvalue weighted by Crippen LogP contribution is -2.53. The van der Waals surface area contributed by atoms with Gasteiger partial charge in [0.15, 0.2) is 17.9 Å². The van der Waals surface area contributed by atoms with Crippen molar-refractivity contribution in [3.05, 3.63) is 58.4 Å². The van der Waals surface area contributed by atoms with Gasteiger partial charge in [-0.3, -0.25) is 14.6 Å². The second-order valence-electron chi connectivity index (χ2n) is 13.3. The number of rotatable bonds is 12. The third-order valence-corrected chi connectivity index (χ3v) is 9.32. The van der Waals surface area contributed by atoms with Gasteiger partial charge in [0.05, 0.1) is 36.6 Å². The van der Waals surface area contributed by atoms with E-state index in [4.69, 9.17) is 35.5 Å². The van der Waals surface area contributed by atoms with Crippen molar-refractivity contribution in [3.8, 4) is 5.75 Å². The minimum Gasteiger partial charge on any atom is -0.484 e. The summed E-state index contributed by atoms with van der Waals surface area (Å²) in [6, 6.07) is 5.80. The van der Waals surface area contributed by atoms with Gasteiger partial charge in [-0.2, -0.15) is 4.98 Å². The largest absolute Gasteiger partial charge is 0.484 e. The van der Waals surface area contributed by atoms with Crippen molar-refractivity contribution in [1.29, 1.82) is 0 Å². The highest BCUT2D eigenvalue weighted by molar-refractivity contribution is 6.33. The second-order valence-corrected chi connectivity index (χ2v) is 13.7. The van der Waals surface area contributed by atoms with Gasteiger partial charge >= 0.3 is 0 Å². The van der Waals surface area contributed by atoms with Gasteiger partial charge in [-0.1, -0.05) is 17.7 Å². The van der Waals surface area contributed by atoms with Crippen LogP contribution < -0.4 is 15.0 Å². The molecule has 3 aromatic rings. The quantitative estimate of drug-likeness (QED) is 0.276. The number of carbonyl (C=O) groups excluding carboxylic acids is 1. The van der Waals surface area contributed by atoms with Gasteiger partial charge in [0.25, 0.3) is 0 Å². The molecule has 5 heterocycles. The number of nitrogens with zero attached hydrogens (tertiary/aromatic N) is 6. The van der Waals surface area contributed by atoms with E-state index in [9.17, 15) is 9.90 Å². The number of nitrogens with one attached hydrogen (secondary N) is 1. The molecule has 1 atom stereocenters. The Morgan fingerprint density at radius 1 is 1.17 bits per heavy atom. The number of ether oxygens (including phenoxy) is 2. The molecule has 0 unspecified atom stereocenters. The number of oxazole rings is 1. The fraction of sp³-hybridized carbons (Fsp3) is 0.576. The molecule has 2 saturated heterocycles. The molecule has 1 aromatic carbocycles. The van der Waals surface area contributed by atoms with Crippen LogP contribution in [-0.4, -0.2) is 106 Å². The van der Waals surface area contributed by atoms with E-state index in [-0.39, 0.29) is 30.4 Å². The maximum Gasteiger partial charge on any atom is 0.228 e. The summed E-state index contributed by atoms with van der Waals surface area (Å²) in [5.74, 6) is 2.35. The highest BCUT2D eigenvalue weighted by atomic mass is 35.5. The number of benzene rings is 1. The normalized spacial score (nSPS) is 18.6. The van der Waals surface area contributed by atoms with Crippen molar-refractivity contribution in [2.24, 2.45) is 0 Å². The number of aromatic nitrogens is 3. The number of fused-ring (bicyclic) bond motifs is 1. The monoisotopic (exact) mass is 653 g/mol. The van der Waals surface area contributed by atoms with E-state index in [0.29, 0.717) is 66.7 Å². The molecular weight excluding hydrogens is 610 g/mol. The van der Waals surface area contributed by atoms with Gasteiger partial charge in [-0.15, -0.1) is 0 Å². The van der Waals surface area contributed by atoms with Gasteiger partial charge in [-0.25, -0.2) is 9.97 Å². The summed E-state index contributed by atoms with van der Waals surface area (Å²) in [5, 5.41) is 14.9. The summed E-state index contributed by atoms with van der Waals surface area (Å²) < 4.78 is 16.4. The number of hydrogen-bond donors (Lipinski definition) is 2. The summed E-state index contributed by atoms with van der Waals surface area (Å²) in [7, 11) is 0. The highest BCUT2D eigenvalue weighted by Crippen LogP contribution is 2.34. The van der Waals surface area contributed by atoms with Crippen LogP contribution in [0.4, 0.5) is 11.8 Å². The summed E-state index contributed by atoms with van der Waals surface area (Å²) in [6.45, 7) is 13.4. The topological polar surface area (TPSA) is 129 Å². The molecule has 3 aliphatic rings. The summed E-state index contributed by atoms with van der Waals surface area (Å²) >= 11 is 6.70. The fourth-order valence-corrected chi connectivity index (χ4v) is 6.42. The van der Waals surface area contributed by atoms with Crippen molar-refractivity contribution < 1.29 is 23.8 Å². The van der Waals surface area contributed by atoms with E-state index in [1.807, 2.05) is 12.1 Å². The van der Waals surface area contributed by atoms with Gasteiger partial charge in [0, 0.05) is 63.8 Å². The first-order valence-corrected chi connectivity index (χ1v) is 16.5. The molecule has 0 radical (unpaired) electrons. The maximum absolute atomic E-state index is 13.4. The molecule has 0 amide bonds. The van der Waals surface area contributed by atoms with Crippen LogP contribution in [0.15, 0.2) is 35.2 Å². The Balaban J connectivity index is 1.03. The van der Waals surface area contributed by atoms with Crippen molar-refractivity contribution in [2.45, 2.75) is 70.9 Å². The predicted octanol–water partition coefficient (Wildman–Crippen LogP) is 3.81. The molecule has 248 valence electrons. The van der Waals surface area contributed by atoms with Gasteiger partial charge in [0.2, 0.25) is 5.95 Å². The first kappa shape index (κ1) is 32.6. The minimum atomic E-state index is -0.651. The number of aliphatic hydroxyl groups excluding tert-OH is 1. The molecule has 3 aliphatic heterocycles. The van der Waals surface area contributed by atoms with E-state index in [2.05, 4.69) is 45.8 Å². The molecule has 6 rings (SSSR count). The summed E-state index contributed by atoms with van der Waals surface area (Å²) in [5.41, 5.74) is 2.65. The minimum absolute atomic E-state index is 0.0995. The first-order valence-electron chi connectivity index (χ1n) is 16.1. The smallest absolute Gasteiger partial charge is 0.228 e. The number of halogens is 1. The molecule has 2 fully saturated rings. The first-order chi connectivity index (χ1) is 22.1. The molecule has 12 nitrogen and oxygen atoms in total. The lowest BCUT2D eigenvalue weighted by molar-refractivity contribution is 0.0209. The predicted molar refractivity (Wildman–Crippen MR) is 175 cm³/mol. The van der Waals surface area contributed by atoms with Crippen molar-refractivity contribution in [2.75, 3.05) is 62.7 Å². The molecule has 0 aliphatic carbocycles. The molecule has 0 saturated carbocycles. The zero-order valence-corrected chi connectivity index (χ0v) is 27.6. The maximum atomic E-state index is 13.4. The standard InChI is InChI=1S/C33H44ClN7O5/c1-33(2,3)41-12-10-40(11-13-41)32-37-27(14-30(38-32)36-23-18-44-19-23)28(43)6-5-24(42)17-39-9-8-26-22(16-39)4-7-29(31(26)34)45-20-25-15-35-21-46-25/h4,7,14-15,21,23-24,42H,5-6,8-13,16-20H2,1-3H3,(H,36,37,38)/t24-/m0/s1. The van der Waals surface area contributed by atoms with Crippen LogP contribution in [0.5, 0.6) is 5.75 Å². The Hall–Kier alpha value is -3.29. The van der Waals surface area contributed by atoms with Crippen LogP contribution in [-0.2, 0) is 24.3 Å². The summed E-state index contributed by atoms with van der Waals surface area (Å²) in [6.07, 6.45) is 3.62. The lowest BCUT2D eigenvalue weighted by Gasteiger charge is -2.42. The Morgan fingerprint density at radius 3 is 2.67 bits per heavy atom. The number of anilines is 2. The van der Waals surface area contributed by atoms with E-state index in [0.717, 1.165) is 50.3 Å². The van der Waals surface area contributed by atoms with Crippen molar-refractivity contribution in [3.63, 3.8) is 0 Å². The Labute approximate surface area is 275 Å². The van der Waals surface area contributed by atoms with Crippen LogP contribution in [0.25, 0.3) is 0 Å². The number of β-amino-alcohol motifs (C(OH)–C–C–N with tert-alkyl or cyclic N) is 1. The van der Waals surface area contributed by atoms with E-state index >= 15 is 0 Å². The van der Waals surface area contributed by atoms with Gasteiger partial charge in [0.1, 0.15) is 23.9 Å². The molecule has 0 bridgehead atoms. The van der Waals surface area contributed by atoms with Crippen molar-refractivity contribution >= 4 is 29.2 Å². The average Bonchev–Trinajstić information content (AvgIpc) is 3.55. The Bertz CT molecular complexity index is 1490. The van der Waals surface area contributed by atoms with E-state index < -0.39 is 6.10 Å². The number of carbonyl (C=O) groups is 1. The molecule has 2 aromatic heterocycles. The lowest BCUT2D eigenvalue weighted by atomic mass is 9.98. The molecular formula is C33H44ClN7O5. The SMILES string of the molecule is CC(C)(C)N1CCN(c2nc(NC3COC3)cc(C(=O)CC[C@H](O)CN3CCc4c(ccc(OCc5cnco5)c4Cl)C3)n2)CC1. The molecule has 13 heteroatoms. The number of Topliss-reactive ketones (excluding diaryl/α,β-unsaturated/α-hetero) is 1. The average molecular weight is 654 g/mol. The number of ketones is 1. The second kappa shape index (κ2) is 14.2. The van der Waals surface area contributed by atoms with Gasteiger partial charge < -0.3 is 29.2 Å². The zero-order chi connectivity index (χ0) is 32.3. The number of hydrogen-bond acceptors (Lipinski definition) is 12. The van der Waals surface area contributed by atoms with E-state index in [1.54, 1.807) is 12.3 Å². The number of piperazine rings is 1. The molecule has 46 heavy (non-hydrogen) atoms.